The van der Waals surface area contributed by atoms with E-state index in [-0.39, 0.29) is 12.1 Å². The Hall–Kier alpha value is -3.22. The van der Waals surface area contributed by atoms with Crippen LogP contribution in [0.5, 0.6) is 5.75 Å². The number of methoxy groups -OCH3 is 1. The summed E-state index contributed by atoms with van der Waals surface area (Å²) in [6.07, 6.45) is -0.253. The maximum atomic E-state index is 12.6. The van der Waals surface area contributed by atoms with E-state index >= 15 is 0 Å². The third kappa shape index (κ3) is 4.66. The zero-order chi connectivity index (χ0) is 22.9. The summed E-state index contributed by atoms with van der Waals surface area (Å²) in [5.74, 6) is 1.77. The second kappa shape index (κ2) is 8.73. The molecule has 1 aliphatic rings. The summed E-state index contributed by atoms with van der Waals surface area (Å²) < 4.78 is 13.1. The topological polar surface area (TPSA) is 59.8 Å². The Morgan fingerprint density at radius 2 is 1.81 bits per heavy atom. The van der Waals surface area contributed by atoms with Gasteiger partial charge in [0.1, 0.15) is 11.4 Å². The number of hydrogen-bond donors (Lipinski definition) is 0. The highest BCUT2D eigenvalue weighted by Crippen LogP contribution is 2.27. The first kappa shape index (κ1) is 22.0. The van der Waals surface area contributed by atoms with Crippen LogP contribution in [-0.2, 0) is 11.3 Å². The van der Waals surface area contributed by atoms with E-state index in [2.05, 4.69) is 34.6 Å². The molecule has 3 aromatic rings. The van der Waals surface area contributed by atoms with Crippen LogP contribution in [0.3, 0.4) is 0 Å². The predicted molar refractivity (Wildman–Crippen MR) is 126 cm³/mol. The fourth-order valence-electron chi connectivity index (χ4n) is 4.10. The average Bonchev–Trinajstić information content (AvgIpc) is 3.11. The minimum absolute atomic E-state index is 0.0212. The molecule has 2 heterocycles. The molecule has 0 aliphatic carbocycles. The van der Waals surface area contributed by atoms with Crippen LogP contribution in [-0.4, -0.2) is 58.9 Å². The van der Waals surface area contributed by atoms with Crippen LogP contribution in [0.25, 0.3) is 11.0 Å². The highest BCUT2D eigenvalue weighted by Gasteiger charge is 2.32. The highest BCUT2D eigenvalue weighted by molar-refractivity contribution is 5.79. The van der Waals surface area contributed by atoms with Crippen molar-refractivity contribution in [3.63, 3.8) is 0 Å². The van der Waals surface area contributed by atoms with E-state index in [1.165, 1.54) is 5.56 Å². The van der Waals surface area contributed by atoms with E-state index < -0.39 is 5.60 Å². The Bertz CT molecular complexity index is 1080. The van der Waals surface area contributed by atoms with Gasteiger partial charge in [0.2, 0.25) is 5.95 Å². The molecule has 1 aromatic heterocycles. The molecule has 1 saturated heterocycles. The van der Waals surface area contributed by atoms with Gasteiger partial charge in [-0.25, -0.2) is 9.78 Å². The maximum Gasteiger partial charge on any atom is 0.410 e. The van der Waals surface area contributed by atoms with Gasteiger partial charge in [-0.1, -0.05) is 24.3 Å². The maximum absolute atomic E-state index is 12.6. The zero-order valence-electron chi connectivity index (χ0n) is 19.5. The van der Waals surface area contributed by atoms with Gasteiger partial charge in [-0.05, 0) is 57.5 Å². The van der Waals surface area contributed by atoms with Crippen LogP contribution in [0.2, 0.25) is 0 Å². The number of rotatable bonds is 4. The van der Waals surface area contributed by atoms with Crippen molar-refractivity contribution in [3.8, 4) is 5.75 Å². The van der Waals surface area contributed by atoms with E-state index in [1.54, 1.807) is 7.11 Å². The third-order valence-corrected chi connectivity index (χ3v) is 5.67. The quantitative estimate of drug-likeness (QED) is 0.601. The number of hydrogen-bond acceptors (Lipinski definition) is 5. The van der Waals surface area contributed by atoms with Crippen LogP contribution in [0.4, 0.5) is 10.7 Å². The molecule has 170 valence electrons. The molecule has 0 spiro atoms. The first-order valence-electron chi connectivity index (χ1n) is 11.1. The molecule has 1 amide bonds. The molecular formula is C25H32N4O3. The standard InChI is InChI=1S/C25H32N4O3/c1-18-16-27(14-15-28(18)24(30)32-25(2,3)4)23-26-21-8-6-7-9-22(21)29(23)17-19-10-12-20(31-5)13-11-19/h6-13,18H,14-17H2,1-5H3/t18-/m0/s1. The number of piperazine rings is 1. The van der Waals surface area contributed by atoms with Gasteiger partial charge in [-0.3, -0.25) is 0 Å². The highest BCUT2D eigenvalue weighted by atomic mass is 16.6. The predicted octanol–water partition coefficient (Wildman–Crippen LogP) is 4.54. The lowest BCUT2D eigenvalue weighted by molar-refractivity contribution is 0.0158. The van der Waals surface area contributed by atoms with Crippen molar-refractivity contribution in [2.45, 2.75) is 45.9 Å². The number of anilines is 1. The molecule has 0 bridgehead atoms. The van der Waals surface area contributed by atoms with Crippen LogP contribution >= 0.6 is 0 Å². The Balaban J connectivity index is 1.59. The normalized spacial score (nSPS) is 17.0. The first-order chi connectivity index (χ1) is 15.2. The lowest BCUT2D eigenvalue weighted by Crippen LogP contribution is -2.55. The molecule has 0 saturated carbocycles. The number of carbonyl (C=O) groups is 1. The van der Waals surface area contributed by atoms with Crippen LogP contribution < -0.4 is 9.64 Å². The molecule has 1 aliphatic heterocycles. The summed E-state index contributed by atoms with van der Waals surface area (Å²) in [6.45, 7) is 10.5. The molecule has 4 rings (SSSR count). The monoisotopic (exact) mass is 436 g/mol. The van der Waals surface area contributed by atoms with Crippen molar-refractivity contribution in [1.29, 1.82) is 0 Å². The van der Waals surface area contributed by atoms with Crippen molar-refractivity contribution in [1.82, 2.24) is 14.5 Å². The summed E-state index contributed by atoms with van der Waals surface area (Å²) in [7, 11) is 1.68. The SMILES string of the molecule is COc1ccc(Cn2c(N3CCN(C(=O)OC(C)(C)C)[C@@H](C)C3)nc3ccccc32)cc1. The summed E-state index contributed by atoms with van der Waals surface area (Å²) in [5.41, 5.74) is 2.75. The minimum Gasteiger partial charge on any atom is -0.497 e. The number of fused-ring (bicyclic) bond motifs is 1. The number of carbonyl (C=O) groups excluding carboxylic acids is 1. The molecule has 32 heavy (non-hydrogen) atoms. The molecule has 1 fully saturated rings. The van der Waals surface area contributed by atoms with E-state index in [0.29, 0.717) is 26.2 Å². The van der Waals surface area contributed by atoms with Gasteiger partial charge in [0.05, 0.1) is 24.7 Å². The van der Waals surface area contributed by atoms with Gasteiger partial charge >= 0.3 is 6.09 Å². The van der Waals surface area contributed by atoms with Gasteiger partial charge in [-0.2, -0.15) is 0 Å². The number of amides is 1. The second-order valence-electron chi connectivity index (χ2n) is 9.30. The van der Waals surface area contributed by atoms with Gasteiger partial charge in [0.25, 0.3) is 0 Å². The van der Waals surface area contributed by atoms with Gasteiger partial charge in [0, 0.05) is 25.7 Å². The van der Waals surface area contributed by atoms with Gasteiger partial charge in [0.15, 0.2) is 0 Å². The molecule has 0 N–H and O–H groups in total. The minimum atomic E-state index is -0.500. The zero-order valence-corrected chi connectivity index (χ0v) is 19.5. The van der Waals surface area contributed by atoms with Crippen LogP contribution in [0.15, 0.2) is 48.5 Å². The number of ether oxygens (including phenoxy) is 2. The van der Waals surface area contributed by atoms with Crippen LogP contribution in [0, 0.1) is 0 Å². The third-order valence-electron chi connectivity index (χ3n) is 5.67. The Morgan fingerprint density at radius 3 is 2.47 bits per heavy atom. The van der Waals surface area contributed by atoms with Crippen molar-refractivity contribution in [2.75, 3.05) is 31.6 Å². The Labute approximate surface area is 189 Å². The van der Waals surface area contributed by atoms with E-state index in [9.17, 15) is 4.79 Å². The fourth-order valence-corrected chi connectivity index (χ4v) is 4.10. The summed E-state index contributed by atoms with van der Waals surface area (Å²) in [5, 5.41) is 0. The number of aromatic nitrogens is 2. The lowest BCUT2D eigenvalue weighted by Gasteiger charge is -2.40. The fraction of sp³-hybridized carbons (Fsp3) is 0.440. The van der Waals surface area contributed by atoms with Crippen molar-refractivity contribution in [2.24, 2.45) is 0 Å². The average molecular weight is 437 g/mol. The molecule has 7 nitrogen and oxygen atoms in total. The van der Waals surface area contributed by atoms with E-state index in [0.717, 1.165) is 22.7 Å². The van der Waals surface area contributed by atoms with Crippen molar-refractivity contribution < 1.29 is 14.3 Å². The van der Waals surface area contributed by atoms with Crippen LogP contribution in [0.1, 0.15) is 33.3 Å². The first-order valence-corrected chi connectivity index (χ1v) is 11.1. The summed E-state index contributed by atoms with van der Waals surface area (Å²) in [4.78, 5) is 21.7. The number of para-hydroxylation sites is 2. The smallest absolute Gasteiger partial charge is 0.410 e. The number of benzene rings is 2. The lowest BCUT2D eigenvalue weighted by atomic mass is 10.2. The Kier molecular flexibility index (Phi) is 6.00. The van der Waals surface area contributed by atoms with Gasteiger partial charge in [-0.15, -0.1) is 0 Å². The summed E-state index contributed by atoms with van der Waals surface area (Å²) in [6, 6.07) is 16.4. The number of nitrogens with zero attached hydrogens (tertiary/aromatic N) is 4. The molecule has 7 heteroatoms. The van der Waals surface area contributed by atoms with E-state index in [4.69, 9.17) is 14.5 Å². The van der Waals surface area contributed by atoms with Crippen molar-refractivity contribution in [3.05, 3.63) is 54.1 Å². The largest absolute Gasteiger partial charge is 0.497 e. The van der Waals surface area contributed by atoms with Gasteiger partial charge < -0.3 is 23.8 Å². The Morgan fingerprint density at radius 1 is 1.09 bits per heavy atom. The molecule has 0 unspecified atom stereocenters. The summed E-state index contributed by atoms with van der Waals surface area (Å²) >= 11 is 0. The van der Waals surface area contributed by atoms with E-state index in [1.807, 2.05) is 56.0 Å². The second-order valence-corrected chi connectivity index (χ2v) is 9.30. The number of imidazole rings is 1. The molecule has 0 radical (unpaired) electrons. The molecule has 2 aromatic carbocycles. The molecule has 1 atom stereocenters. The van der Waals surface area contributed by atoms with Crippen molar-refractivity contribution >= 4 is 23.1 Å². The molecular weight excluding hydrogens is 404 g/mol.